The maximum absolute atomic E-state index is 9.13. The average Bonchev–Trinajstić information content (AvgIpc) is 2.53. The topological polar surface area (TPSA) is 58.0 Å². The van der Waals surface area contributed by atoms with Crippen molar-refractivity contribution < 1.29 is 0 Å². The molecule has 0 aliphatic carbocycles. The van der Waals surface area contributed by atoms with Gasteiger partial charge in [-0.3, -0.25) is 0 Å². The van der Waals surface area contributed by atoms with Crippen molar-refractivity contribution in [2.75, 3.05) is 25.9 Å². The second-order valence-corrected chi connectivity index (χ2v) is 5.46. The number of nitrogens with two attached hydrogens (primary N) is 1. The molecular weight excluding hydrogens is 224 g/mol. The molecule has 0 radical (unpaired) electrons. The van der Waals surface area contributed by atoms with E-state index in [0.717, 1.165) is 24.3 Å². The van der Waals surface area contributed by atoms with E-state index in [0.29, 0.717) is 17.3 Å². The van der Waals surface area contributed by atoms with Gasteiger partial charge < -0.3 is 15.2 Å². The number of nitrogen functional groups attached to an aromatic ring is 1. The van der Waals surface area contributed by atoms with Crippen LogP contribution in [0.2, 0.25) is 0 Å². The molecule has 1 atom stereocenters. The van der Waals surface area contributed by atoms with Crippen molar-refractivity contribution in [1.29, 1.82) is 5.26 Å². The summed E-state index contributed by atoms with van der Waals surface area (Å²) in [6.45, 7) is 7.29. The van der Waals surface area contributed by atoms with Crippen LogP contribution in [0.1, 0.15) is 29.7 Å². The highest BCUT2D eigenvalue weighted by Crippen LogP contribution is 2.26. The second kappa shape index (κ2) is 5.03. The minimum atomic E-state index is 0.640. The van der Waals surface area contributed by atoms with E-state index < -0.39 is 0 Å². The Balaban J connectivity index is 2.22. The van der Waals surface area contributed by atoms with Gasteiger partial charge in [0.05, 0.1) is 5.56 Å². The number of anilines is 1. The van der Waals surface area contributed by atoms with Crippen LogP contribution in [-0.4, -0.2) is 29.6 Å². The van der Waals surface area contributed by atoms with Gasteiger partial charge >= 0.3 is 0 Å². The van der Waals surface area contributed by atoms with Crippen molar-refractivity contribution in [1.82, 2.24) is 9.47 Å². The fourth-order valence-electron chi connectivity index (χ4n) is 2.95. The molecule has 0 amide bonds. The number of piperidine rings is 1. The van der Waals surface area contributed by atoms with Crippen LogP contribution in [-0.2, 0) is 6.54 Å². The van der Waals surface area contributed by atoms with Crippen molar-refractivity contribution in [2.24, 2.45) is 5.92 Å². The lowest BCUT2D eigenvalue weighted by Crippen LogP contribution is -2.34. The van der Waals surface area contributed by atoms with E-state index in [1.54, 1.807) is 0 Å². The van der Waals surface area contributed by atoms with Crippen LogP contribution in [0.25, 0.3) is 0 Å². The first kappa shape index (κ1) is 13.0. The highest BCUT2D eigenvalue weighted by atomic mass is 15.1. The molecule has 98 valence electrons. The number of nitrogens with zero attached hydrogens (tertiary/aromatic N) is 3. The van der Waals surface area contributed by atoms with Crippen LogP contribution in [0, 0.1) is 31.1 Å². The van der Waals surface area contributed by atoms with E-state index in [-0.39, 0.29) is 0 Å². The molecule has 1 saturated heterocycles. The first-order chi connectivity index (χ1) is 8.54. The Kier molecular flexibility index (Phi) is 3.63. The standard InChI is InChI=1S/C14H22N4/c1-10-11(2)18(14(16)13(10)7-15)9-12-5-4-6-17(3)8-12/h12H,4-6,8-9,16H2,1-3H3. The smallest absolute Gasteiger partial charge is 0.122 e. The molecule has 2 heterocycles. The monoisotopic (exact) mass is 246 g/mol. The molecule has 1 unspecified atom stereocenters. The number of hydrogen-bond donors (Lipinski definition) is 1. The zero-order valence-electron chi connectivity index (χ0n) is 11.5. The average molecular weight is 246 g/mol. The number of nitriles is 1. The Morgan fingerprint density at radius 3 is 2.72 bits per heavy atom. The summed E-state index contributed by atoms with van der Waals surface area (Å²) in [7, 11) is 2.17. The van der Waals surface area contributed by atoms with Gasteiger partial charge in [0.25, 0.3) is 0 Å². The van der Waals surface area contributed by atoms with Crippen molar-refractivity contribution in [3.05, 3.63) is 16.8 Å². The molecule has 1 aromatic rings. The van der Waals surface area contributed by atoms with Crippen LogP contribution in [0.15, 0.2) is 0 Å². The van der Waals surface area contributed by atoms with Gasteiger partial charge in [0.15, 0.2) is 0 Å². The summed E-state index contributed by atoms with van der Waals surface area (Å²) in [5.41, 5.74) is 8.91. The molecule has 1 aliphatic heterocycles. The lowest BCUT2D eigenvalue weighted by atomic mass is 9.98. The Bertz CT molecular complexity index is 481. The molecule has 0 bridgehead atoms. The molecular formula is C14H22N4. The molecule has 2 N–H and O–H groups in total. The Labute approximate surface area is 109 Å². The molecule has 1 aromatic heterocycles. The molecule has 1 aliphatic rings. The lowest BCUT2D eigenvalue weighted by molar-refractivity contribution is 0.194. The van der Waals surface area contributed by atoms with Gasteiger partial charge in [-0.15, -0.1) is 0 Å². The first-order valence-corrected chi connectivity index (χ1v) is 6.58. The zero-order valence-corrected chi connectivity index (χ0v) is 11.5. The normalized spacial score (nSPS) is 20.9. The molecule has 4 nitrogen and oxygen atoms in total. The van der Waals surface area contributed by atoms with Crippen molar-refractivity contribution in [2.45, 2.75) is 33.2 Å². The summed E-state index contributed by atoms with van der Waals surface area (Å²) >= 11 is 0. The van der Waals surface area contributed by atoms with Crippen LogP contribution in [0.5, 0.6) is 0 Å². The maximum atomic E-state index is 9.13. The molecule has 18 heavy (non-hydrogen) atoms. The van der Waals surface area contributed by atoms with E-state index in [1.165, 1.54) is 19.4 Å². The van der Waals surface area contributed by atoms with E-state index in [4.69, 9.17) is 11.0 Å². The summed E-state index contributed by atoms with van der Waals surface area (Å²) in [6, 6.07) is 2.21. The maximum Gasteiger partial charge on any atom is 0.122 e. The van der Waals surface area contributed by atoms with Gasteiger partial charge in [0.1, 0.15) is 11.9 Å². The highest BCUT2D eigenvalue weighted by molar-refractivity contribution is 5.57. The molecule has 0 spiro atoms. The summed E-state index contributed by atoms with van der Waals surface area (Å²) in [5.74, 6) is 1.28. The minimum Gasteiger partial charge on any atom is -0.384 e. The van der Waals surface area contributed by atoms with E-state index >= 15 is 0 Å². The number of hydrogen-bond acceptors (Lipinski definition) is 3. The highest BCUT2D eigenvalue weighted by Gasteiger charge is 2.21. The molecule has 4 heteroatoms. The molecule has 0 saturated carbocycles. The third kappa shape index (κ3) is 2.23. The SMILES string of the molecule is Cc1c(C#N)c(N)n(CC2CCCN(C)C2)c1C. The Hall–Kier alpha value is -1.47. The molecule has 1 fully saturated rings. The predicted molar refractivity (Wildman–Crippen MR) is 73.3 cm³/mol. The number of aromatic nitrogens is 1. The second-order valence-electron chi connectivity index (χ2n) is 5.46. The fourth-order valence-corrected chi connectivity index (χ4v) is 2.95. The summed E-state index contributed by atoms with van der Waals surface area (Å²) < 4.78 is 2.12. The summed E-state index contributed by atoms with van der Waals surface area (Å²) in [6.07, 6.45) is 2.51. The minimum absolute atomic E-state index is 0.640. The van der Waals surface area contributed by atoms with Crippen LogP contribution >= 0.6 is 0 Å². The van der Waals surface area contributed by atoms with Gasteiger partial charge in [-0.25, -0.2) is 0 Å². The molecule has 2 rings (SSSR count). The van der Waals surface area contributed by atoms with Gasteiger partial charge in [-0.05, 0) is 51.8 Å². The fraction of sp³-hybridized carbons (Fsp3) is 0.643. The van der Waals surface area contributed by atoms with Crippen molar-refractivity contribution in [3.63, 3.8) is 0 Å². The first-order valence-electron chi connectivity index (χ1n) is 6.58. The lowest BCUT2D eigenvalue weighted by Gasteiger charge is -2.30. The van der Waals surface area contributed by atoms with Crippen LogP contribution < -0.4 is 5.73 Å². The number of rotatable bonds is 2. The van der Waals surface area contributed by atoms with Crippen molar-refractivity contribution in [3.8, 4) is 6.07 Å². The third-order valence-corrected chi connectivity index (χ3v) is 4.14. The van der Waals surface area contributed by atoms with E-state index in [9.17, 15) is 0 Å². The Morgan fingerprint density at radius 1 is 1.44 bits per heavy atom. The quantitative estimate of drug-likeness (QED) is 0.867. The van der Waals surface area contributed by atoms with Gasteiger partial charge in [0, 0.05) is 18.8 Å². The van der Waals surface area contributed by atoms with Crippen LogP contribution in [0.4, 0.5) is 5.82 Å². The number of likely N-dealkylation sites (tertiary alicyclic amines) is 1. The predicted octanol–water partition coefficient (Wildman–Crippen LogP) is 1.90. The van der Waals surface area contributed by atoms with E-state index in [2.05, 4.69) is 29.5 Å². The van der Waals surface area contributed by atoms with Crippen LogP contribution in [0.3, 0.4) is 0 Å². The third-order valence-electron chi connectivity index (χ3n) is 4.14. The summed E-state index contributed by atoms with van der Waals surface area (Å²) in [4.78, 5) is 2.38. The van der Waals surface area contributed by atoms with E-state index in [1.807, 2.05) is 6.92 Å². The van der Waals surface area contributed by atoms with Gasteiger partial charge in [0.2, 0.25) is 0 Å². The molecule has 0 aromatic carbocycles. The largest absolute Gasteiger partial charge is 0.384 e. The van der Waals surface area contributed by atoms with Crippen molar-refractivity contribution >= 4 is 5.82 Å². The zero-order chi connectivity index (χ0) is 13.3. The van der Waals surface area contributed by atoms with Gasteiger partial charge in [-0.1, -0.05) is 0 Å². The summed E-state index contributed by atoms with van der Waals surface area (Å²) in [5, 5.41) is 9.13. The Morgan fingerprint density at radius 2 is 2.17 bits per heavy atom. The van der Waals surface area contributed by atoms with Gasteiger partial charge in [-0.2, -0.15) is 5.26 Å².